The van der Waals surface area contributed by atoms with Crippen LogP contribution in [-0.4, -0.2) is 43.3 Å². The summed E-state index contributed by atoms with van der Waals surface area (Å²) in [5, 5.41) is 16.7. The number of carbonyl (C=O) groups excluding carboxylic acids is 2. The van der Waals surface area contributed by atoms with Crippen molar-refractivity contribution in [3.8, 4) is 6.07 Å². The lowest BCUT2D eigenvalue weighted by atomic mass is 10.1. The highest BCUT2D eigenvalue weighted by Gasteiger charge is 2.20. The predicted molar refractivity (Wildman–Crippen MR) is 77.4 cm³/mol. The van der Waals surface area contributed by atoms with Gasteiger partial charge in [0.2, 0.25) is 5.91 Å². The molecule has 7 heteroatoms. The fourth-order valence-corrected chi connectivity index (χ4v) is 2.06. The van der Waals surface area contributed by atoms with Crippen molar-refractivity contribution in [1.29, 1.82) is 5.26 Å². The first kappa shape index (κ1) is 17.2. The van der Waals surface area contributed by atoms with Crippen LogP contribution in [0.1, 0.15) is 39.5 Å². The maximum absolute atomic E-state index is 11.9. The number of hydrogen-bond donors (Lipinski definition) is 3. The zero-order chi connectivity index (χ0) is 15.7. The van der Waals surface area contributed by atoms with E-state index in [0.717, 1.165) is 19.4 Å². The average molecular weight is 296 g/mol. The second-order valence-corrected chi connectivity index (χ2v) is 5.19. The van der Waals surface area contributed by atoms with Crippen molar-refractivity contribution in [3.63, 3.8) is 0 Å². The average Bonchev–Trinajstić information content (AvgIpc) is 2.97. The number of urea groups is 1. The first-order valence-corrected chi connectivity index (χ1v) is 7.40. The maximum Gasteiger partial charge on any atom is 0.315 e. The summed E-state index contributed by atoms with van der Waals surface area (Å²) in [6.07, 6.45) is 2.98. The normalized spacial score (nSPS) is 20.1. The maximum atomic E-state index is 11.9. The van der Waals surface area contributed by atoms with Crippen LogP contribution >= 0.6 is 0 Å². The Morgan fingerprint density at radius 1 is 1.43 bits per heavy atom. The lowest BCUT2D eigenvalue weighted by molar-refractivity contribution is -0.123. The van der Waals surface area contributed by atoms with E-state index in [0.29, 0.717) is 13.0 Å². The minimum atomic E-state index is -0.651. The van der Waals surface area contributed by atoms with Gasteiger partial charge in [-0.25, -0.2) is 4.79 Å². The zero-order valence-electron chi connectivity index (χ0n) is 12.6. The largest absolute Gasteiger partial charge is 0.376 e. The molecule has 0 aromatic carbocycles. The lowest BCUT2D eigenvalue weighted by Crippen LogP contribution is -2.51. The third kappa shape index (κ3) is 6.45. The molecule has 3 atom stereocenters. The van der Waals surface area contributed by atoms with Gasteiger partial charge in [0.15, 0.2) is 0 Å². The molecule has 21 heavy (non-hydrogen) atoms. The standard InChI is InChI=1S/C14H24N4O3/c1-3-11(6-7-15)18-13(19)10(2)17-14(20)16-9-12-5-4-8-21-12/h10-12H,3-6,8-9H2,1-2H3,(H,18,19)(H2,16,17,20)/t10-,11+,12-/m0/s1. The first-order chi connectivity index (χ1) is 10.1. The van der Waals surface area contributed by atoms with Gasteiger partial charge in [0.25, 0.3) is 0 Å². The van der Waals surface area contributed by atoms with Crippen molar-refractivity contribution >= 4 is 11.9 Å². The van der Waals surface area contributed by atoms with Crippen molar-refractivity contribution in [3.05, 3.63) is 0 Å². The molecular weight excluding hydrogens is 272 g/mol. The van der Waals surface area contributed by atoms with E-state index in [-0.39, 0.29) is 30.5 Å². The molecule has 3 amide bonds. The Labute approximate surface area is 125 Å². The van der Waals surface area contributed by atoms with Crippen molar-refractivity contribution in [2.75, 3.05) is 13.2 Å². The Morgan fingerprint density at radius 2 is 2.19 bits per heavy atom. The van der Waals surface area contributed by atoms with Gasteiger partial charge in [0, 0.05) is 19.2 Å². The molecule has 1 aliphatic heterocycles. The summed E-state index contributed by atoms with van der Waals surface area (Å²) in [7, 11) is 0. The Hall–Kier alpha value is -1.81. The monoisotopic (exact) mass is 296 g/mol. The summed E-state index contributed by atoms with van der Waals surface area (Å²) in [6.45, 7) is 4.70. The molecule has 3 N–H and O–H groups in total. The van der Waals surface area contributed by atoms with Crippen molar-refractivity contribution < 1.29 is 14.3 Å². The highest BCUT2D eigenvalue weighted by atomic mass is 16.5. The van der Waals surface area contributed by atoms with Crippen molar-refractivity contribution in [1.82, 2.24) is 16.0 Å². The molecule has 1 rings (SSSR count). The Balaban J connectivity index is 2.26. The number of carbonyl (C=O) groups is 2. The molecule has 1 aliphatic rings. The van der Waals surface area contributed by atoms with Gasteiger partial charge >= 0.3 is 6.03 Å². The number of ether oxygens (including phenoxy) is 1. The molecule has 0 saturated carbocycles. The molecule has 1 heterocycles. The molecule has 0 radical (unpaired) electrons. The SMILES string of the molecule is CC[C@H](CC#N)NC(=O)[C@H](C)NC(=O)NC[C@@H]1CCCO1. The zero-order valence-corrected chi connectivity index (χ0v) is 12.6. The van der Waals surface area contributed by atoms with Gasteiger partial charge in [0.05, 0.1) is 18.6 Å². The molecule has 118 valence electrons. The van der Waals surface area contributed by atoms with Gasteiger partial charge in [-0.1, -0.05) is 6.92 Å². The Kier molecular flexibility index (Phi) is 7.54. The van der Waals surface area contributed by atoms with Gasteiger partial charge in [-0.15, -0.1) is 0 Å². The van der Waals surface area contributed by atoms with Crippen LogP contribution in [0.5, 0.6) is 0 Å². The van der Waals surface area contributed by atoms with E-state index >= 15 is 0 Å². The summed E-state index contributed by atoms with van der Waals surface area (Å²) in [4.78, 5) is 23.6. The van der Waals surface area contributed by atoms with E-state index in [1.807, 2.05) is 13.0 Å². The van der Waals surface area contributed by atoms with Crippen LogP contribution in [0.2, 0.25) is 0 Å². The molecule has 0 bridgehead atoms. The number of hydrogen-bond acceptors (Lipinski definition) is 4. The summed E-state index contributed by atoms with van der Waals surface area (Å²) < 4.78 is 5.40. The highest BCUT2D eigenvalue weighted by Crippen LogP contribution is 2.10. The molecular formula is C14H24N4O3. The smallest absolute Gasteiger partial charge is 0.315 e. The topological polar surface area (TPSA) is 103 Å². The number of nitrogens with one attached hydrogen (secondary N) is 3. The molecule has 7 nitrogen and oxygen atoms in total. The van der Waals surface area contributed by atoms with Gasteiger partial charge in [-0.3, -0.25) is 4.79 Å². The first-order valence-electron chi connectivity index (χ1n) is 7.40. The minimum absolute atomic E-state index is 0.0694. The van der Waals surface area contributed by atoms with E-state index in [9.17, 15) is 9.59 Å². The van der Waals surface area contributed by atoms with Crippen molar-refractivity contribution in [2.45, 2.75) is 57.7 Å². The van der Waals surface area contributed by atoms with Crippen LogP contribution in [0.4, 0.5) is 4.79 Å². The predicted octanol–water partition coefficient (Wildman–Crippen LogP) is 0.662. The number of nitriles is 1. The van der Waals surface area contributed by atoms with Crippen LogP contribution in [-0.2, 0) is 9.53 Å². The second kappa shape index (κ2) is 9.19. The number of amides is 3. The fourth-order valence-electron chi connectivity index (χ4n) is 2.06. The highest BCUT2D eigenvalue weighted by molar-refractivity contribution is 5.86. The van der Waals surface area contributed by atoms with Gasteiger partial charge in [0.1, 0.15) is 6.04 Å². The second-order valence-electron chi connectivity index (χ2n) is 5.19. The van der Waals surface area contributed by atoms with Gasteiger partial charge < -0.3 is 20.7 Å². The Morgan fingerprint density at radius 3 is 2.76 bits per heavy atom. The van der Waals surface area contributed by atoms with E-state index in [4.69, 9.17) is 10.00 Å². The quantitative estimate of drug-likeness (QED) is 0.642. The fraction of sp³-hybridized carbons (Fsp3) is 0.786. The third-order valence-corrected chi connectivity index (χ3v) is 3.43. The van der Waals surface area contributed by atoms with E-state index in [1.165, 1.54) is 0 Å². The minimum Gasteiger partial charge on any atom is -0.376 e. The van der Waals surface area contributed by atoms with Gasteiger partial charge in [-0.2, -0.15) is 5.26 Å². The molecule has 0 aliphatic carbocycles. The number of rotatable bonds is 7. The van der Waals surface area contributed by atoms with Gasteiger partial charge in [-0.05, 0) is 26.2 Å². The summed E-state index contributed by atoms with van der Waals surface area (Å²) in [5.41, 5.74) is 0. The molecule has 0 aromatic rings. The lowest BCUT2D eigenvalue weighted by Gasteiger charge is -2.19. The van der Waals surface area contributed by atoms with E-state index in [2.05, 4.69) is 16.0 Å². The van der Waals surface area contributed by atoms with Crippen LogP contribution in [0, 0.1) is 11.3 Å². The van der Waals surface area contributed by atoms with Crippen molar-refractivity contribution in [2.24, 2.45) is 0 Å². The van der Waals surface area contributed by atoms with Crippen LogP contribution in [0.15, 0.2) is 0 Å². The molecule has 0 spiro atoms. The van der Waals surface area contributed by atoms with Crippen LogP contribution in [0.25, 0.3) is 0 Å². The van der Waals surface area contributed by atoms with E-state index in [1.54, 1.807) is 6.92 Å². The molecule has 0 unspecified atom stereocenters. The summed E-state index contributed by atoms with van der Waals surface area (Å²) in [6, 6.07) is 0.810. The molecule has 1 fully saturated rings. The Bertz CT molecular complexity index is 388. The third-order valence-electron chi connectivity index (χ3n) is 3.43. The molecule has 1 saturated heterocycles. The van der Waals surface area contributed by atoms with E-state index < -0.39 is 6.04 Å². The summed E-state index contributed by atoms with van der Waals surface area (Å²) >= 11 is 0. The number of nitrogens with zero attached hydrogens (tertiary/aromatic N) is 1. The molecule has 0 aromatic heterocycles. The summed E-state index contributed by atoms with van der Waals surface area (Å²) in [5.74, 6) is -0.288. The van der Waals surface area contributed by atoms with Crippen LogP contribution in [0.3, 0.4) is 0 Å². The van der Waals surface area contributed by atoms with Crippen LogP contribution < -0.4 is 16.0 Å².